The third-order valence-electron chi connectivity index (χ3n) is 3.37. The predicted octanol–water partition coefficient (Wildman–Crippen LogP) is 3.58. The van der Waals surface area contributed by atoms with E-state index in [4.69, 9.17) is 0 Å². The van der Waals surface area contributed by atoms with Crippen molar-refractivity contribution in [1.29, 1.82) is 0 Å². The fraction of sp³-hybridized carbons (Fsp3) is 0.294. The molecule has 0 atom stereocenters. The van der Waals surface area contributed by atoms with E-state index in [1.54, 1.807) is 0 Å². The normalized spacial score (nSPS) is 10.6. The highest BCUT2D eigenvalue weighted by Gasteiger charge is 2.03. The molecule has 0 aliphatic rings. The number of halogens is 2. The summed E-state index contributed by atoms with van der Waals surface area (Å²) in [6, 6.07) is 13.7. The van der Waals surface area contributed by atoms with Gasteiger partial charge in [0.2, 0.25) is 0 Å². The molecule has 0 bridgehead atoms. The molecule has 0 radical (unpaired) electrons. The Morgan fingerprint density at radius 2 is 1.81 bits per heavy atom. The van der Waals surface area contributed by atoms with Gasteiger partial charge in [-0.1, -0.05) is 18.2 Å². The van der Waals surface area contributed by atoms with Gasteiger partial charge < -0.3 is 10.2 Å². The van der Waals surface area contributed by atoms with Gasteiger partial charge in [-0.25, -0.2) is 8.78 Å². The van der Waals surface area contributed by atoms with Gasteiger partial charge in [0, 0.05) is 31.4 Å². The molecule has 4 heteroatoms. The van der Waals surface area contributed by atoms with Crippen LogP contribution in [0.2, 0.25) is 0 Å². The van der Waals surface area contributed by atoms with Crippen LogP contribution in [0, 0.1) is 11.6 Å². The van der Waals surface area contributed by atoms with Crippen LogP contribution < -0.4 is 10.2 Å². The lowest BCUT2D eigenvalue weighted by atomic mass is 10.2. The zero-order valence-electron chi connectivity index (χ0n) is 12.2. The first-order valence-electron chi connectivity index (χ1n) is 7.07. The summed E-state index contributed by atoms with van der Waals surface area (Å²) in [5.74, 6) is -0.776. The van der Waals surface area contributed by atoms with Crippen LogP contribution in [0.4, 0.5) is 14.5 Å². The molecule has 0 amide bonds. The first-order valence-corrected chi connectivity index (χ1v) is 7.07. The van der Waals surface area contributed by atoms with Gasteiger partial charge in [-0.2, -0.15) is 0 Å². The molecule has 21 heavy (non-hydrogen) atoms. The average Bonchev–Trinajstić information content (AvgIpc) is 2.51. The number of hydrogen-bond acceptors (Lipinski definition) is 2. The number of nitrogens with zero attached hydrogens (tertiary/aromatic N) is 1. The second-order valence-electron chi connectivity index (χ2n) is 5.02. The van der Waals surface area contributed by atoms with E-state index in [2.05, 4.69) is 22.3 Å². The minimum atomic E-state index is -0.406. The van der Waals surface area contributed by atoms with Crippen molar-refractivity contribution in [2.24, 2.45) is 0 Å². The summed E-state index contributed by atoms with van der Waals surface area (Å²) >= 11 is 0. The molecule has 2 nitrogen and oxygen atoms in total. The van der Waals surface area contributed by atoms with E-state index in [9.17, 15) is 8.78 Å². The Bertz CT molecular complexity index is 558. The van der Waals surface area contributed by atoms with Crippen molar-refractivity contribution in [3.05, 3.63) is 65.7 Å². The van der Waals surface area contributed by atoms with Crippen LogP contribution in [0.3, 0.4) is 0 Å². The Morgan fingerprint density at radius 1 is 1.05 bits per heavy atom. The summed E-state index contributed by atoms with van der Waals surface area (Å²) in [4.78, 5) is 2.17. The van der Waals surface area contributed by atoms with Gasteiger partial charge in [0.25, 0.3) is 0 Å². The van der Waals surface area contributed by atoms with Crippen molar-refractivity contribution in [2.45, 2.75) is 13.0 Å². The van der Waals surface area contributed by atoms with Crippen LogP contribution in [-0.4, -0.2) is 20.1 Å². The Hall–Kier alpha value is -1.94. The van der Waals surface area contributed by atoms with Gasteiger partial charge >= 0.3 is 0 Å². The van der Waals surface area contributed by atoms with Crippen LogP contribution in [0.5, 0.6) is 0 Å². The van der Waals surface area contributed by atoms with Crippen molar-refractivity contribution in [1.82, 2.24) is 5.32 Å². The van der Waals surface area contributed by atoms with Crippen molar-refractivity contribution in [3.63, 3.8) is 0 Å². The fourth-order valence-corrected chi connectivity index (χ4v) is 2.15. The number of anilines is 1. The smallest absolute Gasteiger partial charge is 0.127 e. The summed E-state index contributed by atoms with van der Waals surface area (Å²) in [6.45, 7) is 2.01. The van der Waals surface area contributed by atoms with Crippen molar-refractivity contribution in [3.8, 4) is 0 Å². The lowest BCUT2D eigenvalue weighted by molar-refractivity contribution is 0.564. The van der Waals surface area contributed by atoms with Crippen LogP contribution >= 0.6 is 0 Å². The van der Waals surface area contributed by atoms with Gasteiger partial charge in [0.15, 0.2) is 0 Å². The molecule has 112 valence electrons. The predicted molar refractivity (Wildman–Crippen MR) is 82.4 cm³/mol. The molecule has 0 aromatic heterocycles. The van der Waals surface area contributed by atoms with Gasteiger partial charge in [-0.05, 0) is 43.3 Å². The van der Waals surface area contributed by atoms with Gasteiger partial charge in [0.1, 0.15) is 11.6 Å². The van der Waals surface area contributed by atoms with Gasteiger partial charge in [-0.3, -0.25) is 0 Å². The van der Waals surface area contributed by atoms with Crippen LogP contribution in [0.25, 0.3) is 0 Å². The molecule has 0 spiro atoms. The zero-order valence-corrected chi connectivity index (χ0v) is 12.2. The summed E-state index contributed by atoms with van der Waals surface area (Å²) in [7, 11) is 2.04. The topological polar surface area (TPSA) is 15.3 Å². The Labute approximate surface area is 124 Å². The lowest BCUT2D eigenvalue weighted by Crippen LogP contribution is -2.23. The summed E-state index contributed by atoms with van der Waals surface area (Å²) in [5, 5.41) is 3.14. The van der Waals surface area contributed by atoms with Crippen LogP contribution in [0.1, 0.15) is 12.0 Å². The van der Waals surface area contributed by atoms with Crippen molar-refractivity contribution >= 4 is 5.69 Å². The number of benzene rings is 2. The Balaban J connectivity index is 1.69. The molecule has 2 aromatic rings. The fourth-order valence-electron chi connectivity index (χ4n) is 2.15. The van der Waals surface area contributed by atoms with E-state index in [-0.39, 0.29) is 5.82 Å². The van der Waals surface area contributed by atoms with E-state index in [1.807, 2.05) is 25.2 Å². The first kappa shape index (κ1) is 15.4. The number of para-hydroxylation sites is 1. The molecule has 0 fully saturated rings. The van der Waals surface area contributed by atoms with Crippen LogP contribution in [0.15, 0.2) is 48.5 Å². The molecule has 0 saturated carbocycles. The molecular weight excluding hydrogens is 270 g/mol. The lowest BCUT2D eigenvalue weighted by Gasteiger charge is -2.19. The number of rotatable bonds is 7. The van der Waals surface area contributed by atoms with E-state index in [1.165, 1.54) is 11.8 Å². The van der Waals surface area contributed by atoms with Crippen LogP contribution in [-0.2, 0) is 6.54 Å². The van der Waals surface area contributed by atoms with E-state index < -0.39 is 5.82 Å². The minimum absolute atomic E-state index is 0.346. The molecule has 0 saturated heterocycles. The largest absolute Gasteiger partial charge is 0.375 e. The summed E-state index contributed by atoms with van der Waals surface area (Å²) < 4.78 is 26.4. The number of nitrogens with one attached hydrogen (secondary N) is 1. The maximum atomic E-state index is 13.4. The third-order valence-corrected chi connectivity index (χ3v) is 3.37. The molecule has 0 aliphatic carbocycles. The van der Waals surface area contributed by atoms with E-state index in [0.29, 0.717) is 12.1 Å². The van der Waals surface area contributed by atoms with Crippen molar-refractivity contribution in [2.75, 3.05) is 25.0 Å². The Kier molecular flexibility index (Phi) is 5.69. The standard InChI is InChI=1S/C17H20F2N2/c1-21(16-6-3-2-4-7-16)11-5-10-20-13-14-12-15(18)8-9-17(14)19/h2-4,6-9,12,20H,5,10-11,13H2,1H3. The molecule has 2 rings (SSSR count). The number of hydrogen-bond donors (Lipinski definition) is 1. The third kappa shape index (κ3) is 4.83. The highest BCUT2D eigenvalue weighted by atomic mass is 19.1. The highest BCUT2D eigenvalue weighted by molar-refractivity contribution is 5.44. The monoisotopic (exact) mass is 290 g/mol. The van der Waals surface area contributed by atoms with Gasteiger partial charge in [0.05, 0.1) is 0 Å². The summed E-state index contributed by atoms with van der Waals surface area (Å²) in [6.07, 6.45) is 0.933. The SMILES string of the molecule is CN(CCCNCc1cc(F)ccc1F)c1ccccc1. The summed E-state index contributed by atoms with van der Waals surface area (Å²) in [5.41, 5.74) is 1.54. The highest BCUT2D eigenvalue weighted by Crippen LogP contribution is 2.11. The van der Waals surface area contributed by atoms with E-state index in [0.717, 1.165) is 31.6 Å². The second kappa shape index (κ2) is 7.74. The van der Waals surface area contributed by atoms with Crippen molar-refractivity contribution < 1.29 is 8.78 Å². The molecule has 1 N–H and O–H groups in total. The Morgan fingerprint density at radius 3 is 2.57 bits per heavy atom. The zero-order chi connectivity index (χ0) is 15.1. The maximum Gasteiger partial charge on any atom is 0.127 e. The quantitative estimate of drug-likeness (QED) is 0.784. The maximum absolute atomic E-state index is 13.4. The second-order valence-corrected chi connectivity index (χ2v) is 5.02. The average molecular weight is 290 g/mol. The first-order chi connectivity index (χ1) is 10.2. The minimum Gasteiger partial charge on any atom is -0.375 e. The van der Waals surface area contributed by atoms with Gasteiger partial charge in [-0.15, -0.1) is 0 Å². The van der Waals surface area contributed by atoms with E-state index >= 15 is 0 Å². The molecular formula is C17H20F2N2. The molecule has 0 aliphatic heterocycles. The molecule has 0 heterocycles. The molecule has 0 unspecified atom stereocenters. The molecule has 2 aromatic carbocycles.